The molecule has 0 aliphatic heterocycles. The van der Waals surface area contributed by atoms with Crippen molar-refractivity contribution in [2.75, 3.05) is 65.2 Å². The molecule has 16 nitrogen and oxygen atoms in total. The number of methoxy groups -OCH3 is 1. The van der Waals surface area contributed by atoms with Crippen molar-refractivity contribution in [2.24, 2.45) is 0 Å². The number of nitrogens with zero attached hydrogens (tertiary/aromatic N) is 3. The van der Waals surface area contributed by atoms with Gasteiger partial charge in [-0.05, 0) is 33.3 Å². The molecular formula is C31H53FmN6O10-. The van der Waals surface area contributed by atoms with E-state index in [1.165, 1.54) is 21.7 Å². The molecule has 2 aromatic heterocycles. The molecule has 0 spiro atoms. The van der Waals surface area contributed by atoms with Gasteiger partial charge in [0.15, 0.2) is 0 Å². The van der Waals surface area contributed by atoms with Crippen LogP contribution in [0.5, 0.6) is 0 Å². The van der Waals surface area contributed by atoms with E-state index in [9.17, 15) is 24.0 Å². The minimum Gasteiger partial charge on any atom is -0.524 e. The van der Waals surface area contributed by atoms with Crippen molar-refractivity contribution in [3.05, 3.63) is 22.6 Å². The summed E-state index contributed by atoms with van der Waals surface area (Å²) in [6.07, 6.45) is 2.86. The van der Waals surface area contributed by atoms with Crippen molar-refractivity contribution in [3.8, 4) is 0 Å². The molecule has 0 saturated heterocycles. The molecule has 48 heavy (non-hydrogen) atoms. The summed E-state index contributed by atoms with van der Waals surface area (Å²) in [4.78, 5) is 69.9. The monoisotopic (exact) mass is 926 g/mol. The van der Waals surface area contributed by atoms with Crippen LogP contribution in [0.2, 0.25) is 0 Å². The number of aromatic amines is 1. The maximum Gasteiger partial charge on any atom is 0.414 e. The molecule has 0 fully saturated rings. The minimum atomic E-state index is -0.824. The molecule has 0 saturated carbocycles. The SMILES string of the molecule is CC.CC.CCCOC(=O)CN(CC(COCCOCCOC)N[C-]=O)C(=O)Cn1ccc2c(=O)[nH]c(NC(=O)OC(C)(C)C)nc21.[Fm]. The van der Waals surface area contributed by atoms with Gasteiger partial charge in [-0.25, -0.2) is 4.79 Å². The molecule has 2 heterocycles. The third kappa shape index (κ3) is 17.6. The second kappa shape index (κ2) is 25.1. The number of aromatic nitrogens is 3. The average molecular weight is 927 g/mol. The molecule has 2 rings (SSSR count). The number of esters is 1. The predicted octanol–water partition coefficient (Wildman–Crippen LogP) is 2.61. The van der Waals surface area contributed by atoms with Gasteiger partial charge in [0.1, 0.15) is 24.3 Å². The normalized spacial score (nSPS) is 11.0. The van der Waals surface area contributed by atoms with Gasteiger partial charge in [0.2, 0.25) is 11.9 Å². The Balaban J connectivity index is 0. The molecule has 1 atom stereocenters. The molecule has 0 bridgehead atoms. The van der Waals surface area contributed by atoms with Crippen LogP contribution in [0, 0.1) is 0 Å². The van der Waals surface area contributed by atoms with E-state index >= 15 is 0 Å². The zero-order valence-corrected chi connectivity index (χ0v) is 31.9. The second-order valence-corrected chi connectivity index (χ2v) is 10.3. The van der Waals surface area contributed by atoms with Gasteiger partial charge < -0.3 is 43.3 Å². The van der Waals surface area contributed by atoms with Crippen LogP contribution in [0.15, 0.2) is 17.1 Å². The van der Waals surface area contributed by atoms with Crippen molar-refractivity contribution < 1.29 is 42.9 Å². The van der Waals surface area contributed by atoms with E-state index in [2.05, 4.69) is 20.6 Å². The van der Waals surface area contributed by atoms with Gasteiger partial charge in [-0.15, -0.1) is 0 Å². The van der Waals surface area contributed by atoms with E-state index in [-0.39, 0.29) is 49.9 Å². The topological polar surface area (TPSA) is 192 Å². The van der Waals surface area contributed by atoms with Crippen LogP contribution < -0.4 is 16.2 Å². The number of nitrogens with one attached hydrogen (secondary N) is 3. The quantitative estimate of drug-likeness (QED) is 0.0813. The van der Waals surface area contributed by atoms with Crippen LogP contribution in [0.25, 0.3) is 11.0 Å². The Morgan fingerprint density at radius 2 is 1.71 bits per heavy atom. The first-order chi connectivity index (χ1) is 22.5. The maximum atomic E-state index is 13.5. The standard InChI is InChI=1S/C27H41N6O10.2C2H6.Fm/c1-6-9-42-22(36)16-33(14-19(28-18-34)17-41-13-12-40-11-10-39-5)21(35)15-32-8-7-20-23(32)29-25(30-24(20)37)31-26(38)43-27(2,3)4;2*1-2;/h7-8,19H,6,9-17H2,1-5H3,(H,28,34)(H2,29,30,31,37,38);2*1-2H3;/q-1;;;. The van der Waals surface area contributed by atoms with Gasteiger partial charge in [-0.2, -0.15) is 11.4 Å². The van der Waals surface area contributed by atoms with Crippen molar-refractivity contribution >= 4 is 41.4 Å². The Kier molecular flexibility index (Phi) is 23.6. The van der Waals surface area contributed by atoms with Gasteiger partial charge in [-0.1, -0.05) is 34.6 Å². The fourth-order valence-corrected chi connectivity index (χ4v) is 3.66. The average Bonchev–Trinajstić information content (AvgIpc) is 3.42. The molecule has 3 amide bonds. The molecule has 2 aromatic rings. The smallest absolute Gasteiger partial charge is 0.414 e. The van der Waals surface area contributed by atoms with Crippen LogP contribution >= 0.6 is 0 Å². The van der Waals surface area contributed by atoms with Crippen molar-refractivity contribution in [3.63, 3.8) is 0 Å². The summed E-state index contributed by atoms with van der Waals surface area (Å²) in [6.45, 7) is 15.6. The van der Waals surface area contributed by atoms with Gasteiger partial charge in [0.05, 0.1) is 45.0 Å². The fourth-order valence-electron chi connectivity index (χ4n) is 3.66. The Morgan fingerprint density at radius 3 is 2.31 bits per heavy atom. The maximum absolute atomic E-state index is 13.5. The van der Waals surface area contributed by atoms with Crippen LogP contribution in [0.3, 0.4) is 0 Å². The van der Waals surface area contributed by atoms with Gasteiger partial charge in [-0.3, -0.25) is 24.7 Å². The summed E-state index contributed by atoms with van der Waals surface area (Å²) in [7, 11) is 1.56. The molecule has 0 aromatic carbocycles. The van der Waals surface area contributed by atoms with Gasteiger partial charge >= 0.3 is 12.1 Å². The van der Waals surface area contributed by atoms with Crippen LogP contribution in [-0.2, 0) is 44.6 Å². The summed E-state index contributed by atoms with van der Waals surface area (Å²) in [5.41, 5.74) is -1.21. The van der Waals surface area contributed by atoms with E-state index in [1.54, 1.807) is 34.3 Å². The summed E-state index contributed by atoms with van der Waals surface area (Å²) < 4.78 is 27.6. The molecule has 0 aliphatic rings. The molecular weight excluding hydrogens is 873 g/mol. The van der Waals surface area contributed by atoms with E-state index in [0.29, 0.717) is 26.2 Å². The predicted molar refractivity (Wildman–Crippen MR) is 177 cm³/mol. The Morgan fingerprint density at radius 1 is 1.06 bits per heavy atom. The number of rotatable bonds is 19. The number of H-pyrrole nitrogens is 1. The third-order valence-corrected chi connectivity index (χ3v) is 5.52. The molecule has 1 unspecified atom stereocenters. The number of hydrogen-bond acceptors (Lipinski definition) is 11. The van der Waals surface area contributed by atoms with E-state index < -0.39 is 41.7 Å². The molecule has 0 aliphatic carbocycles. The first-order valence-corrected chi connectivity index (χ1v) is 15.8. The Labute approximate surface area is 276 Å². The number of ether oxygens (including phenoxy) is 5. The van der Waals surface area contributed by atoms with Crippen LogP contribution in [0.1, 0.15) is 61.8 Å². The molecule has 3 N–H and O–H groups in total. The number of hydrogen-bond donors (Lipinski definition) is 3. The Bertz CT molecular complexity index is 1260. The number of anilines is 1. The third-order valence-electron chi connectivity index (χ3n) is 5.52. The number of amides is 3. The number of fused-ring (bicyclic) bond motifs is 1. The first-order valence-electron chi connectivity index (χ1n) is 15.8. The number of carbonyl (C=O) groups is 3. The van der Waals surface area contributed by atoms with Crippen LogP contribution in [0.4, 0.5) is 10.7 Å². The molecule has 280 valence electrons. The van der Waals surface area contributed by atoms with E-state index in [1.807, 2.05) is 34.6 Å². The first kappa shape index (κ1) is 45.1. The Hall–Kier alpha value is -5.02. The summed E-state index contributed by atoms with van der Waals surface area (Å²) >= 11 is 0. The van der Waals surface area contributed by atoms with Crippen molar-refractivity contribution in [1.82, 2.24) is 24.8 Å². The summed E-state index contributed by atoms with van der Waals surface area (Å²) in [5, 5.41) is 5.03. The van der Waals surface area contributed by atoms with Crippen molar-refractivity contribution in [1.29, 1.82) is 0 Å². The minimum absolute atomic E-state index is 0. The second-order valence-electron chi connectivity index (χ2n) is 10.3. The van der Waals surface area contributed by atoms with Gasteiger partial charge in [0.25, 0.3) is 5.56 Å². The van der Waals surface area contributed by atoms with E-state index in [0.717, 1.165) is 0 Å². The zero-order valence-electron chi connectivity index (χ0n) is 29.5. The number of carbonyl (C=O) groups excluding carboxylic acids is 4. The zero-order chi connectivity index (χ0) is 35.8. The van der Waals surface area contributed by atoms with Crippen LogP contribution in [-0.4, -0.2) is 115 Å². The summed E-state index contributed by atoms with van der Waals surface area (Å²) in [5.74, 6) is -1.34. The fraction of sp³-hybridized carbons (Fsp3) is 0.677. The summed E-state index contributed by atoms with van der Waals surface area (Å²) in [6, 6.07) is 0.770. The largest absolute Gasteiger partial charge is 0.524 e. The molecule has 0 radical (unpaired) electrons. The van der Waals surface area contributed by atoms with Gasteiger partial charge in [0, 0.05) is 25.9 Å². The molecule has 17 heteroatoms. The van der Waals surface area contributed by atoms with E-state index in [4.69, 9.17) is 23.7 Å². The van der Waals surface area contributed by atoms with Crippen molar-refractivity contribution in [2.45, 2.75) is 80.0 Å².